The van der Waals surface area contributed by atoms with Gasteiger partial charge in [-0.1, -0.05) is 19.3 Å². The highest BCUT2D eigenvalue weighted by Crippen LogP contribution is 2.27. The number of carbonyl (C=O) groups excluding carboxylic acids is 1. The average Bonchev–Trinajstić information content (AvgIpc) is 2.53. The number of hydrogen-bond acceptors (Lipinski definition) is 4. The van der Waals surface area contributed by atoms with Gasteiger partial charge in [0.2, 0.25) is 0 Å². The molecule has 0 bridgehead atoms. The summed E-state index contributed by atoms with van der Waals surface area (Å²) in [5.74, 6) is -1.32. The summed E-state index contributed by atoms with van der Waals surface area (Å²) in [7, 11) is 0. The Kier molecular flexibility index (Phi) is 4.17. The number of amides is 1. The zero-order valence-corrected chi connectivity index (χ0v) is 12.6. The molecule has 0 saturated heterocycles. The molecule has 0 aliphatic heterocycles. The maximum atomic E-state index is 13.2. The second-order valence-electron chi connectivity index (χ2n) is 6.08. The molecule has 2 aromatic rings. The van der Waals surface area contributed by atoms with Gasteiger partial charge in [0, 0.05) is 18.7 Å². The van der Waals surface area contributed by atoms with Crippen molar-refractivity contribution in [1.82, 2.24) is 5.32 Å². The first kappa shape index (κ1) is 15.7. The van der Waals surface area contributed by atoms with E-state index in [4.69, 9.17) is 4.42 Å². The van der Waals surface area contributed by atoms with Crippen molar-refractivity contribution >= 4 is 16.9 Å². The Morgan fingerprint density at radius 3 is 2.74 bits per heavy atom. The highest BCUT2D eigenvalue weighted by atomic mass is 19.1. The molecule has 1 aliphatic carbocycles. The molecule has 0 atom stereocenters. The number of benzene rings is 1. The second-order valence-corrected chi connectivity index (χ2v) is 6.08. The summed E-state index contributed by atoms with van der Waals surface area (Å²) in [6.07, 6.45) is 4.22. The third-order valence-corrected chi connectivity index (χ3v) is 4.28. The summed E-state index contributed by atoms with van der Waals surface area (Å²) >= 11 is 0. The smallest absolute Gasteiger partial charge is 0.287 e. The number of rotatable bonds is 3. The van der Waals surface area contributed by atoms with Crippen LogP contribution in [-0.2, 0) is 0 Å². The van der Waals surface area contributed by atoms with E-state index in [1.165, 1.54) is 6.07 Å². The van der Waals surface area contributed by atoms with Gasteiger partial charge in [0.15, 0.2) is 11.2 Å². The standard InChI is InChI=1S/C17H18FNO4/c18-11-4-5-12-13(20)9-15(23-14(12)8-11)16(21)19-10-17(22)6-2-1-3-7-17/h4-5,8-9,22H,1-3,6-7,10H2,(H,19,21). The zero-order chi connectivity index (χ0) is 16.4. The van der Waals surface area contributed by atoms with E-state index in [9.17, 15) is 19.1 Å². The second kappa shape index (κ2) is 6.12. The number of nitrogens with one attached hydrogen (secondary N) is 1. The molecule has 5 nitrogen and oxygen atoms in total. The van der Waals surface area contributed by atoms with E-state index in [1.807, 2.05) is 0 Å². The minimum Gasteiger partial charge on any atom is -0.451 e. The van der Waals surface area contributed by atoms with Crippen molar-refractivity contribution in [2.24, 2.45) is 0 Å². The van der Waals surface area contributed by atoms with Gasteiger partial charge >= 0.3 is 0 Å². The zero-order valence-electron chi connectivity index (χ0n) is 12.6. The predicted octanol–water partition coefficient (Wildman–Crippen LogP) is 2.36. The van der Waals surface area contributed by atoms with Crippen LogP contribution in [0, 0.1) is 5.82 Å². The fraction of sp³-hybridized carbons (Fsp3) is 0.412. The number of hydrogen-bond donors (Lipinski definition) is 2. The molecule has 1 amide bonds. The predicted molar refractivity (Wildman–Crippen MR) is 82.8 cm³/mol. The number of halogens is 1. The van der Waals surface area contributed by atoms with Crippen molar-refractivity contribution < 1.29 is 18.7 Å². The first-order chi connectivity index (χ1) is 11.0. The Balaban J connectivity index is 1.79. The topological polar surface area (TPSA) is 79.5 Å². The molecule has 1 fully saturated rings. The number of aliphatic hydroxyl groups is 1. The van der Waals surface area contributed by atoms with Crippen molar-refractivity contribution in [3.63, 3.8) is 0 Å². The molecule has 23 heavy (non-hydrogen) atoms. The summed E-state index contributed by atoms with van der Waals surface area (Å²) in [6.45, 7) is 0.108. The molecule has 0 spiro atoms. The van der Waals surface area contributed by atoms with Crippen molar-refractivity contribution in [3.8, 4) is 0 Å². The Hall–Kier alpha value is -2.21. The molecular formula is C17H18FNO4. The van der Waals surface area contributed by atoms with Gasteiger partial charge in [0.05, 0.1) is 11.0 Å². The summed E-state index contributed by atoms with van der Waals surface area (Å²) in [6, 6.07) is 4.64. The number of fused-ring (bicyclic) bond motifs is 1. The molecule has 2 N–H and O–H groups in total. The summed E-state index contributed by atoms with van der Waals surface area (Å²) in [4.78, 5) is 24.1. The van der Waals surface area contributed by atoms with Crippen LogP contribution in [0.2, 0.25) is 0 Å². The van der Waals surface area contributed by atoms with Crippen LogP contribution in [0.15, 0.2) is 33.5 Å². The molecule has 1 aliphatic rings. The van der Waals surface area contributed by atoms with Crippen LogP contribution < -0.4 is 10.7 Å². The van der Waals surface area contributed by atoms with Gasteiger partial charge in [0.1, 0.15) is 11.4 Å². The normalized spacial score (nSPS) is 17.1. The van der Waals surface area contributed by atoms with Crippen LogP contribution in [0.1, 0.15) is 42.7 Å². The summed E-state index contributed by atoms with van der Waals surface area (Å²) in [5.41, 5.74) is -1.29. The highest BCUT2D eigenvalue weighted by molar-refractivity contribution is 5.93. The van der Waals surface area contributed by atoms with Gasteiger partial charge in [0.25, 0.3) is 5.91 Å². The lowest BCUT2D eigenvalue weighted by Crippen LogP contribution is -2.44. The molecule has 122 valence electrons. The molecule has 1 aromatic heterocycles. The van der Waals surface area contributed by atoms with E-state index in [-0.39, 0.29) is 23.3 Å². The van der Waals surface area contributed by atoms with E-state index in [0.29, 0.717) is 12.8 Å². The minimum absolute atomic E-state index is 0.0269. The van der Waals surface area contributed by atoms with E-state index in [0.717, 1.165) is 37.5 Å². The van der Waals surface area contributed by atoms with Gasteiger partial charge in [-0.3, -0.25) is 9.59 Å². The first-order valence-corrected chi connectivity index (χ1v) is 7.71. The highest BCUT2D eigenvalue weighted by Gasteiger charge is 2.29. The van der Waals surface area contributed by atoms with E-state index in [1.54, 1.807) is 0 Å². The van der Waals surface area contributed by atoms with Crippen LogP contribution in [-0.4, -0.2) is 23.2 Å². The lowest BCUT2D eigenvalue weighted by atomic mass is 9.85. The van der Waals surface area contributed by atoms with Gasteiger partial charge in [-0.05, 0) is 25.0 Å². The van der Waals surface area contributed by atoms with Crippen LogP contribution in [0.5, 0.6) is 0 Å². The number of carbonyl (C=O) groups is 1. The quantitative estimate of drug-likeness (QED) is 0.910. The van der Waals surface area contributed by atoms with Crippen LogP contribution in [0.25, 0.3) is 11.0 Å². The maximum Gasteiger partial charge on any atom is 0.287 e. The monoisotopic (exact) mass is 319 g/mol. The van der Waals surface area contributed by atoms with Gasteiger partial charge in [-0.15, -0.1) is 0 Å². The molecule has 3 rings (SSSR count). The van der Waals surface area contributed by atoms with E-state index in [2.05, 4.69) is 5.32 Å². The molecule has 0 unspecified atom stereocenters. The van der Waals surface area contributed by atoms with Crippen molar-refractivity contribution in [2.45, 2.75) is 37.7 Å². The van der Waals surface area contributed by atoms with Crippen LogP contribution in [0.4, 0.5) is 4.39 Å². The van der Waals surface area contributed by atoms with Gasteiger partial charge in [-0.2, -0.15) is 0 Å². The van der Waals surface area contributed by atoms with E-state index < -0.39 is 22.8 Å². The lowest BCUT2D eigenvalue weighted by molar-refractivity contribution is 0.00503. The first-order valence-electron chi connectivity index (χ1n) is 7.71. The largest absolute Gasteiger partial charge is 0.451 e. The third-order valence-electron chi connectivity index (χ3n) is 4.28. The molecule has 1 saturated carbocycles. The summed E-state index contributed by atoms with van der Waals surface area (Å²) < 4.78 is 18.6. The minimum atomic E-state index is -0.906. The maximum absolute atomic E-state index is 13.2. The van der Waals surface area contributed by atoms with Crippen LogP contribution >= 0.6 is 0 Å². The Morgan fingerprint density at radius 1 is 1.26 bits per heavy atom. The van der Waals surface area contributed by atoms with Crippen molar-refractivity contribution in [1.29, 1.82) is 0 Å². The fourth-order valence-electron chi connectivity index (χ4n) is 2.96. The molecular weight excluding hydrogens is 301 g/mol. The SMILES string of the molecule is O=C(NCC1(O)CCCCC1)c1cc(=O)c2ccc(F)cc2o1. The Bertz CT molecular complexity index is 793. The summed E-state index contributed by atoms with van der Waals surface area (Å²) in [5, 5.41) is 13.2. The third kappa shape index (κ3) is 3.42. The van der Waals surface area contributed by atoms with Crippen molar-refractivity contribution in [3.05, 3.63) is 46.1 Å². The lowest BCUT2D eigenvalue weighted by Gasteiger charge is -2.31. The van der Waals surface area contributed by atoms with E-state index >= 15 is 0 Å². The average molecular weight is 319 g/mol. The van der Waals surface area contributed by atoms with Crippen LogP contribution in [0.3, 0.4) is 0 Å². The van der Waals surface area contributed by atoms with Gasteiger partial charge in [-0.25, -0.2) is 4.39 Å². The molecule has 1 aromatic carbocycles. The Morgan fingerprint density at radius 2 is 2.00 bits per heavy atom. The van der Waals surface area contributed by atoms with Gasteiger partial charge < -0.3 is 14.8 Å². The molecule has 0 radical (unpaired) electrons. The molecule has 1 heterocycles. The molecule has 6 heteroatoms. The fourth-order valence-corrected chi connectivity index (χ4v) is 2.96. The Labute approximate surface area is 132 Å². The van der Waals surface area contributed by atoms with Crippen molar-refractivity contribution in [2.75, 3.05) is 6.54 Å².